The van der Waals surface area contributed by atoms with Gasteiger partial charge < -0.3 is 20.4 Å². The Labute approximate surface area is 120 Å². The summed E-state index contributed by atoms with van der Waals surface area (Å²) in [6.07, 6.45) is 6.75. The zero-order chi connectivity index (χ0) is 15.8. The minimum absolute atomic E-state index is 0.125. The molecule has 0 saturated heterocycles. The SMILES string of the molecule is CCCCCCCCC(CC(=O)O)C(=O)O.OCCO. The molecule has 1 atom stereocenters. The largest absolute Gasteiger partial charge is 0.481 e. The molecule has 6 heteroatoms. The van der Waals surface area contributed by atoms with E-state index in [1.54, 1.807) is 0 Å². The number of carbonyl (C=O) groups is 2. The van der Waals surface area contributed by atoms with Crippen molar-refractivity contribution in [3.05, 3.63) is 0 Å². The molecule has 0 aromatic carbocycles. The number of aliphatic hydroxyl groups excluding tert-OH is 2. The summed E-state index contributed by atoms with van der Waals surface area (Å²) in [7, 11) is 0. The van der Waals surface area contributed by atoms with Crippen molar-refractivity contribution in [1.82, 2.24) is 0 Å². The van der Waals surface area contributed by atoms with Crippen molar-refractivity contribution in [3.63, 3.8) is 0 Å². The Kier molecular flexibility index (Phi) is 16.8. The number of hydrogen-bond donors (Lipinski definition) is 4. The molecule has 20 heavy (non-hydrogen) atoms. The second kappa shape index (κ2) is 15.9. The molecule has 0 aliphatic heterocycles. The number of aliphatic carboxylic acids is 2. The van der Waals surface area contributed by atoms with Crippen molar-refractivity contribution in [2.45, 2.75) is 58.3 Å². The standard InChI is InChI=1S/C12H22O4.C2H6O2/c1-2-3-4-5-6-7-8-10(12(15)16)9-11(13)14;3-1-2-4/h10H,2-9H2,1H3,(H,13,14)(H,15,16);3-4H,1-2H2. The van der Waals surface area contributed by atoms with Gasteiger partial charge in [0.05, 0.1) is 25.6 Å². The Hall–Kier alpha value is -1.14. The van der Waals surface area contributed by atoms with Crippen LogP contribution in [0.3, 0.4) is 0 Å². The fourth-order valence-electron chi connectivity index (χ4n) is 1.69. The summed E-state index contributed by atoms with van der Waals surface area (Å²) in [5.74, 6) is -2.74. The van der Waals surface area contributed by atoms with Crippen LogP contribution in [0.4, 0.5) is 0 Å². The molecule has 0 aromatic heterocycles. The number of carboxylic acid groups (broad SMARTS) is 2. The maximum absolute atomic E-state index is 10.7. The monoisotopic (exact) mass is 292 g/mol. The highest BCUT2D eigenvalue weighted by atomic mass is 16.4. The molecular weight excluding hydrogens is 264 g/mol. The minimum Gasteiger partial charge on any atom is -0.481 e. The molecule has 0 fully saturated rings. The topological polar surface area (TPSA) is 115 Å². The summed E-state index contributed by atoms with van der Waals surface area (Å²) in [5, 5.41) is 32.6. The molecule has 0 heterocycles. The Morgan fingerprint density at radius 3 is 1.80 bits per heavy atom. The van der Waals surface area contributed by atoms with Gasteiger partial charge in [-0.05, 0) is 6.42 Å². The molecule has 0 bridgehead atoms. The Morgan fingerprint density at radius 1 is 0.900 bits per heavy atom. The van der Waals surface area contributed by atoms with Crippen LogP contribution in [0.2, 0.25) is 0 Å². The van der Waals surface area contributed by atoms with Gasteiger partial charge in [-0.3, -0.25) is 9.59 Å². The third-order valence-corrected chi connectivity index (χ3v) is 2.78. The molecule has 6 nitrogen and oxygen atoms in total. The molecule has 0 aliphatic rings. The van der Waals surface area contributed by atoms with Crippen molar-refractivity contribution in [2.24, 2.45) is 5.92 Å². The Balaban J connectivity index is 0. The van der Waals surface area contributed by atoms with E-state index < -0.39 is 17.9 Å². The van der Waals surface area contributed by atoms with Gasteiger partial charge in [-0.25, -0.2) is 0 Å². The van der Waals surface area contributed by atoms with Crippen LogP contribution in [0, 0.1) is 5.92 Å². The molecule has 0 amide bonds. The first kappa shape index (κ1) is 21.2. The predicted octanol–water partition coefficient (Wildman–Crippen LogP) is 1.88. The van der Waals surface area contributed by atoms with Crippen molar-refractivity contribution >= 4 is 11.9 Å². The fraction of sp³-hybridized carbons (Fsp3) is 0.857. The number of hydrogen-bond acceptors (Lipinski definition) is 4. The van der Waals surface area contributed by atoms with Gasteiger partial charge in [0.25, 0.3) is 0 Å². The minimum atomic E-state index is -1.03. The number of rotatable bonds is 11. The summed E-state index contributed by atoms with van der Waals surface area (Å²) in [5.41, 5.74) is 0. The lowest BCUT2D eigenvalue weighted by molar-refractivity contribution is -0.148. The van der Waals surface area contributed by atoms with Crippen LogP contribution < -0.4 is 0 Å². The van der Waals surface area contributed by atoms with Crippen molar-refractivity contribution in [2.75, 3.05) is 13.2 Å². The van der Waals surface area contributed by atoms with Gasteiger partial charge >= 0.3 is 11.9 Å². The maximum Gasteiger partial charge on any atom is 0.307 e. The van der Waals surface area contributed by atoms with Crippen LogP contribution in [-0.4, -0.2) is 45.6 Å². The highest BCUT2D eigenvalue weighted by Crippen LogP contribution is 2.15. The van der Waals surface area contributed by atoms with E-state index in [0.717, 1.165) is 19.3 Å². The Morgan fingerprint density at radius 2 is 1.40 bits per heavy atom. The molecule has 0 aliphatic carbocycles. The Bertz CT molecular complexity index is 240. The number of carboxylic acids is 2. The van der Waals surface area contributed by atoms with Gasteiger partial charge in [-0.15, -0.1) is 0 Å². The molecule has 0 aromatic rings. The van der Waals surface area contributed by atoms with E-state index >= 15 is 0 Å². The third-order valence-electron chi connectivity index (χ3n) is 2.78. The van der Waals surface area contributed by atoms with Gasteiger partial charge in [0.2, 0.25) is 0 Å². The lowest BCUT2D eigenvalue weighted by Crippen LogP contribution is -2.17. The molecular formula is C14H28O6. The summed E-state index contributed by atoms with van der Waals surface area (Å²) in [6, 6.07) is 0. The highest BCUT2D eigenvalue weighted by Gasteiger charge is 2.19. The van der Waals surface area contributed by atoms with Gasteiger partial charge in [0.15, 0.2) is 0 Å². The van der Waals surface area contributed by atoms with Gasteiger partial charge in [0.1, 0.15) is 0 Å². The zero-order valence-electron chi connectivity index (χ0n) is 12.3. The van der Waals surface area contributed by atoms with Crippen molar-refractivity contribution in [1.29, 1.82) is 0 Å². The van der Waals surface area contributed by atoms with Crippen LogP contribution in [-0.2, 0) is 9.59 Å². The van der Waals surface area contributed by atoms with E-state index in [4.69, 9.17) is 20.4 Å². The first-order chi connectivity index (χ1) is 9.49. The normalized spacial score (nSPS) is 11.3. The van der Waals surface area contributed by atoms with E-state index in [2.05, 4.69) is 6.92 Å². The average Bonchev–Trinajstić information content (AvgIpc) is 2.41. The van der Waals surface area contributed by atoms with E-state index in [0.29, 0.717) is 6.42 Å². The van der Waals surface area contributed by atoms with Crippen LogP contribution >= 0.6 is 0 Å². The van der Waals surface area contributed by atoms with Crippen LogP contribution in [0.5, 0.6) is 0 Å². The zero-order valence-corrected chi connectivity index (χ0v) is 12.3. The first-order valence-corrected chi connectivity index (χ1v) is 7.15. The van der Waals surface area contributed by atoms with Gasteiger partial charge in [-0.1, -0.05) is 45.4 Å². The van der Waals surface area contributed by atoms with E-state index in [9.17, 15) is 9.59 Å². The second-order valence-electron chi connectivity index (χ2n) is 4.64. The van der Waals surface area contributed by atoms with E-state index in [1.165, 1.54) is 19.3 Å². The van der Waals surface area contributed by atoms with Crippen molar-refractivity contribution < 1.29 is 30.0 Å². The molecule has 120 valence electrons. The number of aliphatic hydroxyl groups is 2. The summed E-state index contributed by atoms with van der Waals surface area (Å²) >= 11 is 0. The second-order valence-corrected chi connectivity index (χ2v) is 4.64. The summed E-state index contributed by atoms with van der Waals surface area (Å²) in [4.78, 5) is 21.2. The average molecular weight is 292 g/mol. The third kappa shape index (κ3) is 16.9. The quantitative estimate of drug-likeness (QED) is 0.432. The van der Waals surface area contributed by atoms with Crippen LogP contribution in [0.15, 0.2) is 0 Å². The van der Waals surface area contributed by atoms with Crippen molar-refractivity contribution in [3.8, 4) is 0 Å². The lowest BCUT2D eigenvalue weighted by atomic mass is 9.97. The summed E-state index contributed by atoms with van der Waals surface area (Å²) in [6.45, 7) is 1.90. The molecule has 0 saturated carbocycles. The molecule has 0 radical (unpaired) electrons. The molecule has 0 spiro atoms. The van der Waals surface area contributed by atoms with Crippen LogP contribution in [0.1, 0.15) is 58.3 Å². The van der Waals surface area contributed by atoms with Crippen LogP contribution in [0.25, 0.3) is 0 Å². The maximum atomic E-state index is 10.7. The molecule has 0 rings (SSSR count). The molecule has 1 unspecified atom stereocenters. The lowest BCUT2D eigenvalue weighted by Gasteiger charge is -2.09. The van der Waals surface area contributed by atoms with Gasteiger partial charge in [-0.2, -0.15) is 0 Å². The summed E-state index contributed by atoms with van der Waals surface area (Å²) < 4.78 is 0. The van der Waals surface area contributed by atoms with Gasteiger partial charge in [0, 0.05) is 0 Å². The van der Waals surface area contributed by atoms with E-state index in [1.807, 2.05) is 0 Å². The number of unbranched alkanes of at least 4 members (excludes halogenated alkanes) is 5. The first-order valence-electron chi connectivity index (χ1n) is 7.15. The fourth-order valence-corrected chi connectivity index (χ4v) is 1.69. The molecule has 4 N–H and O–H groups in total. The smallest absolute Gasteiger partial charge is 0.307 e. The van der Waals surface area contributed by atoms with E-state index in [-0.39, 0.29) is 19.6 Å². The highest BCUT2D eigenvalue weighted by molar-refractivity contribution is 5.77. The predicted molar refractivity (Wildman–Crippen MR) is 75.5 cm³/mol.